The molecule has 0 aromatic heterocycles. The fraction of sp³-hybridized carbons (Fsp3) is 1.00. The molecule has 2 aliphatic heterocycles. The van der Waals surface area contributed by atoms with Crippen LogP contribution in [0, 0.1) is 0 Å². The lowest BCUT2D eigenvalue weighted by Gasteiger charge is -2.34. The van der Waals surface area contributed by atoms with E-state index in [1.165, 1.54) is 19.5 Å². The smallest absolute Gasteiger partial charge is 0.0593 e. The molecular formula is C15H30N2O2. The minimum atomic E-state index is 0.765. The molecule has 0 N–H and O–H groups in total. The molecule has 2 saturated heterocycles. The van der Waals surface area contributed by atoms with Crippen molar-refractivity contribution in [2.75, 3.05) is 52.6 Å². The summed E-state index contributed by atoms with van der Waals surface area (Å²) in [5.74, 6) is 0. The van der Waals surface area contributed by atoms with Gasteiger partial charge < -0.3 is 9.47 Å². The number of piperazine rings is 1. The zero-order valence-corrected chi connectivity index (χ0v) is 12.6. The standard InChI is InChI=1S/C15H30N2O2/c1-3-7-18-9-5-16-12-15-11-14(16)13-17(15)6-10-19-8-4-2/h14-15H,3-13H2,1-2H3/t14-,15-/m0/s1. The number of nitrogens with zero attached hydrogens (tertiary/aromatic N) is 2. The Kier molecular flexibility index (Phi) is 6.57. The highest BCUT2D eigenvalue weighted by Gasteiger charge is 2.42. The van der Waals surface area contributed by atoms with Crippen LogP contribution in [0.2, 0.25) is 0 Å². The van der Waals surface area contributed by atoms with E-state index in [0.717, 1.165) is 64.4 Å². The summed E-state index contributed by atoms with van der Waals surface area (Å²) in [5, 5.41) is 0. The summed E-state index contributed by atoms with van der Waals surface area (Å²) >= 11 is 0. The number of fused-ring (bicyclic) bond motifs is 2. The molecular weight excluding hydrogens is 240 g/mol. The zero-order valence-electron chi connectivity index (χ0n) is 12.6. The molecule has 2 atom stereocenters. The van der Waals surface area contributed by atoms with E-state index in [1.54, 1.807) is 0 Å². The van der Waals surface area contributed by atoms with Crippen molar-refractivity contribution < 1.29 is 9.47 Å². The Morgan fingerprint density at radius 2 is 1.26 bits per heavy atom. The lowest BCUT2D eigenvalue weighted by Crippen LogP contribution is -2.48. The summed E-state index contributed by atoms with van der Waals surface area (Å²) in [6, 6.07) is 1.53. The van der Waals surface area contributed by atoms with E-state index in [0.29, 0.717) is 0 Å². The van der Waals surface area contributed by atoms with Crippen LogP contribution in [0.25, 0.3) is 0 Å². The van der Waals surface area contributed by atoms with Gasteiger partial charge in [-0.25, -0.2) is 0 Å². The Labute approximate surface area is 118 Å². The molecule has 2 fully saturated rings. The molecule has 0 aliphatic carbocycles. The van der Waals surface area contributed by atoms with Gasteiger partial charge in [-0.2, -0.15) is 0 Å². The molecule has 4 nitrogen and oxygen atoms in total. The fourth-order valence-corrected chi connectivity index (χ4v) is 3.24. The number of ether oxygens (including phenoxy) is 2. The lowest BCUT2D eigenvalue weighted by atomic mass is 10.2. The molecule has 0 aromatic rings. The van der Waals surface area contributed by atoms with E-state index >= 15 is 0 Å². The minimum Gasteiger partial charge on any atom is -0.380 e. The number of hydrogen-bond acceptors (Lipinski definition) is 4. The second-order valence-corrected chi connectivity index (χ2v) is 5.76. The number of likely N-dealkylation sites (tertiary alicyclic amines) is 2. The van der Waals surface area contributed by atoms with Gasteiger partial charge >= 0.3 is 0 Å². The predicted octanol–water partition coefficient (Wildman–Crippen LogP) is 1.60. The molecule has 19 heavy (non-hydrogen) atoms. The van der Waals surface area contributed by atoms with Gasteiger partial charge in [-0.1, -0.05) is 13.8 Å². The van der Waals surface area contributed by atoms with Gasteiger partial charge in [0, 0.05) is 51.5 Å². The van der Waals surface area contributed by atoms with Crippen molar-refractivity contribution >= 4 is 0 Å². The molecule has 0 amide bonds. The third kappa shape index (κ3) is 4.42. The largest absolute Gasteiger partial charge is 0.380 e. The van der Waals surface area contributed by atoms with Crippen molar-refractivity contribution in [1.82, 2.24) is 9.80 Å². The Morgan fingerprint density at radius 3 is 1.63 bits per heavy atom. The first-order valence-electron chi connectivity index (χ1n) is 7.98. The van der Waals surface area contributed by atoms with E-state index in [1.807, 2.05) is 0 Å². The summed E-state index contributed by atoms with van der Waals surface area (Å²) in [5.41, 5.74) is 0. The van der Waals surface area contributed by atoms with Crippen LogP contribution in [0.15, 0.2) is 0 Å². The van der Waals surface area contributed by atoms with Crippen LogP contribution < -0.4 is 0 Å². The van der Waals surface area contributed by atoms with Crippen LogP contribution >= 0.6 is 0 Å². The van der Waals surface area contributed by atoms with Gasteiger partial charge in [0.15, 0.2) is 0 Å². The maximum Gasteiger partial charge on any atom is 0.0593 e. The van der Waals surface area contributed by atoms with Crippen molar-refractivity contribution in [3.05, 3.63) is 0 Å². The third-order valence-electron chi connectivity index (χ3n) is 4.21. The molecule has 4 heteroatoms. The van der Waals surface area contributed by atoms with E-state index in [4.69, 9.17) is 9.47 Å². The Bertz CT molecular complexity index is 226. The maximum atomic E-state index is 5.60. The van der Waals surface area contributed by atoms with Gasteiger partial charge in [-0.3, -0.25) is 9.80 Å². The van der Waals surface area contributed by atoms with E-state index < -0.39 is 0 Å². The molecule has 0 aromatic carbocycles. The highest BCUT2D eigenvalue weighted by molar-refractivity contribution is 4.99. The monoisotopic (exact) mass is 270 g/mol. The second kappa shape index (κ2) is 8.20. The van der Waals surface area contributed by atoms with Gasteiger partial charge in [0.25, 0.3) is 0 Å². The predicted molar refractivity (Wildman–Crippen MR) is 77.6 cm³/mol. The highest BCUT2D eigenvalue weighted by atomic mass is 16.5. The normalized spacial score (nSPS) is 27.5. The zero-order chi connectivity index (χ0) is 13.5. The van der Waals surface area contributed by atoms with E-state index in [-0.39, 0.29) is 0 Å². The van der Waals surface area contributed by atoms with Gasteiger partial charge in [0.05, 0.1) is 13.2 Å². The third-order valence-corrected chi connectivity index (χ3v) is 4.21. The van der Waals surface area contributed by atoms with Crippen LogP contribution in [0.4, 0.5) is 0 Å². The van der Waals surface area contributed by atoms with Gasteiger partial charge in [-0.05, 0) is 19.3 Å². The van der Waals surface area contributed by atoms with Crippen LogP contribution in [-0.4, -0.2) is 74.5 Å². The SMILES string of the molecule is CCCOCCN1C[C@@H]2C[C@H]1CN2CCOCCC. The first-order chi connectivity index (χ1) is 9.35. The maximum absolute atomic E-state index is 5.60. The van der Waals surface area contributed by atoms with Crippen LogP contribution in [0.1, 0.15) is 33.1 Å². The van der Waals surface area contributed by atoms with E-state index in [2.05, 4.69) is 23.6 Å². The molecule has 2 aliphatic rings. The van der Waals surface area contributed by atoms with Crippen molar-refractivity contribution in [3.63, 3.8) is 0 Å². The molecule has 0 unspecified atom stereocenters. The number of hydrogen-bond donors (Lipinski definition) is 0. The Balaban J connectivity index is 1.58. The van der Waals surface area contributed by atoms with Gasteiger partial charge in [0.2, 0.25) is 0 Å². The van der Waals surface area contributed by atoms with Gasteiger partial charge in [-0.15, -0.1) is 0 Å². The Hall–Kier alpha value is -0.160. The van der Waals surface area contributed by atoms with Crippen LogP contribution in [0.3, 0.4) is 0 Å². The highest BCUT2D eigenvalue weighted by Crippen LogP contribution is 2.29. The molecule has 2 rings (SSSR count). The summed E-state index contributed by atoms with van der Waals surface area (Å²) < 4.78 is 11.2. The minimum absolute atomic E-state index is 0.765. The van der Waals surface area contributed by atoms with Crippen LogP contribution in [0.5, 0.6) is 0 Å². The summed E-state index contributed by atoms with van der Waals surface area (Å²) in [6.07, 6.45) is 3.59. The molecule has 2 bridgehead atoms. The molecule has 0 spiro atoms. The summed E-state index contributed by atoms with van der Waals surface area (Å²) in [6.45, 7) is 12.6. The first kappa shape index (κ1) is 15.2. The van der Waals surface area contributed by atoms with Crippen LogP contribution in [-0.2, 0) is 9.47 Å². The van der Waals surface area contributed by atoms with Crippen molar-refractivity contribution in [2.45, 2.75) is 45.2 Å². The first-order valence-corrected chi connectivity index (χ1v) is 7.98. The lowest BCUT2D eigenvalue weighted by molar-refractivity contribution is 0.0551. The van der Waals surface area contributed by atoms with Crippen molar-refractivity contribution in [1.29, 1.82) is 0 Å². The molecule has 0 saturated carbocycles. The fourth-order valence-electron chi connectivity index (χ4n) is 3.24. The second-order valence-electron chi connectivity index (χ2n) is 5.76. The topological polar surface area (TPSA) is 24.9 Å². The average molecular weight is 270 g/mol. The van der Waals surface area contributed by atoms with Crippen molar-refractivity contribution in [3.8, 4) is 0 Å². The summed E-state index contributed by atoms with van der Waals surface area (Å²) in [7, 11) is 0. The molecule has 112 valence electrons. The Morgan fingerprint density at radius 1 is 0.789 bits per heavy atom. The van der Waals surface area contributed by atoms with Crippen molar-refractivity contribution in [2.24, 2.45) is 0 Å². The number of rotatable bonds is 10. The quantitative estimate of drug-likeness (QED) is 0.563. The molecule has 2 heterocycles. The van der Waals surface area contributed by atoms with Gasteiger partial charge in [0.1, 0.15) is 0 Å². The molecule has 0 radical (unpaired) electrons. The van der Waals surface area contributed by atoms with E-state index in [9.17, 15) is 0 Å². The average Bonchev–Trinajstić information content (AvgIpc) is 2.99. The summed E-state index contributed by atoms with van der Waals surface area (Å²) in [4.78, 5) is 5.23.